The van der Waals surface area contributed by atoms with E-state index in [1.165, 1.54) is 9.13 Å². The van der Waals surface area contributed by atoms with E-state index in [0.717, 1.165) is 5.69 Å². The summed E-state index contributed by atoms with van der Waals surface area (Å²) in [5.41, 5.74) is 0.781. The number of anilines is 2. The molecule has 0 unspecified atom stereocenters. The molecule has 7 nitrogen and oxygen atoms in total. The fourth-order valence-electron chi connectivity index (χ4n) is 3.06. The standard InChI is InChI=1S/C23H19N5O2/c1-2-15-27-16-9-14-19(21(27)29)20-25-22(24-17-10-5-3-6-11-17)28(23(30)26-20)18-12-7-4-8-13-18/h2-14,16H,1,15H2,(H,24,25,26,30). The second-order valence-electron chi connectivity index (χ2n) is 6.48. The molecule has 0 saturated heterocycles. The zero-order valence-electron chi connectivity index (χ0n) is 16.1. The lowest BCUT2D eigenvalue weighted by molar-refractivity contribution is 0.779. The van der Waals surface area contributed by atoms with Crippen molar-refractivity contribution in [2.45, 2.75) is 6.54 Å². The molecule has 0 aliphatic heterocycles. The first-order valence-electron chi connectivity index (χ1n) is 9.36. The normalized spacial score (nSPS) is 10.5. The Morgan fingerprint density at radius 3 is 2.30 bits per heavy atom. The van der Waals surface area contributed by atoms with Crippen molar-refractivity contribution in [1.29, 1.82) is 0 Å². The summed E-state index contributed by atoms with van der Waals surface area (Å²) in [6, 6.07) is 21.8. The van der Waals surface area contributed by atoms with Gasteiger partial charge in [-0.15, -0.1) is 6.58 Å². The second kappa shape index (κ2) is 8.40. The van der Waals surface area contributed by atoms with Crippen molar-refractivity contribution in [3.63, 3.8) is 0 Å². The molecule has 0 atom stereocenters. The van der Waals surface area contributed by atoms with Gasteiger partial charge in [-0.2, -0.15) is 9.97 Å². The third kappa shape index (κ3) is 3.81. The maximum atomic E-state index is 13.0. The van der Waals surface area contributed by atoms with Crippen LogP contribution in [0.3, 0.4) is 0 Å². The first-order chi connectivity index (χ1) is 14.7. The molecule has 0 fully saturated rings. The van der Waals surface area contributed by atoms with Gasteiger partial charge in [-0.3, -0.25) is 4.79 Å². The number of para-hydroxylation sites is 2. The van der Waals surface area contributed by atoms with Crippen LogP contribution in [0.1, 0.15) is 0 Å². The Morgan fingerprint density at radius 2 is 1.60 bits per heavy atom. The monoisotopic (exact) mass is 397 g/mol. The van der Waals surface area contributed by atoms with Gasteiger partial charge in [0.05, 0.1) is 11.3 Å². The number of hydrogen-bond acceptors (Lipinski definition) is 5. The summed E-state index contributed by atoms with van der Waals surface area (Å²) < 4.78 is 2.86. The third-order valence-corrected chi connectivity index (χ3v) is 4.45. The van der Waals surface area contributed by atoms with Crippen LogP contribution < -0.4 is 16.6 Å². The highest BCUT2D eigenvalue weighted by molar-refractivity contribution is 5.60. The summed E-state index contributed by atoms with van der Waals surface area (Å²) >= 11 is 0. The Morgan fingerprint density at radius 1 is 0.900 bits per heavy atom. The zero-order chi connectivity index (χ0) is 20.9. The SMILES string of the molecule is C=CCn1cccc(-c2nc(Nc3ccccc3)n(-c3ccccc3)c(=O)n2)c1=O. The van der Waals surface area contributed by atoms with Crippen LogP contribution in [0, 0.1) is 0 Å². The van der Waals surface area contributed by atoms with E-state index < -0.39 is 5.69 Å². The highest BCUT2D eigenvalue weighted by Crippen LogP contribution is 2.19. The van der Waals surface area contributed by atoms with Gasteiger partial charge >= 0.3 is 5.69 Å². The van der Waals surface area contributed by atoms with Crippen LogP contribution in [0.5, 0.6) is 0 Å². The molecule has 0 radical (unpaired) electrons. The van der Waals surface area contributed by atoms with Gasteiger partial charge < -0.3 is 9.88 Å². The maximum absolute atomic E-state index is 13.0. The molecular formula is C23H19N5O2. The summed E-state index contributed by atoms with van der Waals surface area (Å²) in [5.74, 6) is 0.329. The zero-order valence-corrected chi connectivity index (χ0v) is 16.1. The van der Waals surface area contributed by atoms with Crippen LogP contribution in [0.4, 0.5) is 11.6 Å². The smallest absolute Gasteiger partial charge is 0.325 e. The molecular weight excluding hydrogens is 378 g/mol. The van der Waals surface area contributed by atoms with E-state index in [1.54, 1.807) is 36.5 Å². The van der Waals surface area contributed by atoms with Crippen LogP contribution in [0.15, 0.2) is 101 Å². The molecule has 2 aromatic heterocycles. The van der Waals surface area contributed by atoms with E-state index in [2.05, 4.69) is 21.9 Å². The quantitative estimate of drug-likeness (QED) is 0.505. The molecule has 0 aliphatic rings. The van der Waals surface area contributed by atoms with Gasteiger partial charge in [-0.05, 0) is 36.4 Å². The Bertz CT molecular complexity index is 1290. The lowest BCUT2D eigenvalue weighted by Gasteiger charge is -2.14. The molecule has 0 amide bonds. The molecule has 0 saturated carbocycles. The van der Waals surface area contributed by atoms with E-state index in [1.807, 2.05) is 48.5 Å². The van der Waals surface area contributed by atoms with Gasteiger partial charge in [0.25, 0.3) is 5.56 Å². The lowest BCUT2D eigenvalue weighted by atomic mass is 10.2. The summed E-state index contributed by atoms with van der Waals surface area (Å²) in [5, 5.41) is 3.17. The molecule has 4 rings (SSSR count). The molecule has 0 aliphatic carbocycles. The van der Waals surface area contributed by atoms with Crippen LogP contribution in [-0.2, 0) is 6.54 Å². The van der Waals surface area contributed by atoms with Gasteiger partial charge in [0, 0.05) is 18.4 Å². The number of rotatable bonds is 6. The predicted molar refractivity (Wildman–Crippen MR) is 117 cm³/mol. The van der Waals surface area contributed by atoms with E-state index >= 15 is 0 Å². The summed E-state index contributed by atoms with van der Waals surface area (Å²) in [4.78, 5) is 34.4. The first kappa shape index (κ1) is 19.1. The number of allylic oxidation sites excluding steroid dienone is 1. The van der Waals surface area contributed by atoms with E-state index in [0.29, 0.717) is 12.2 Å². The Balaban J connectivity index is 1.91. The van der Waals surface area contributed by atoms with Crippen LogP contribution >= 0.6 is 0 Å². The van der Waals surface area contributed by atoms with E-state index in [9.17, 15) is 9.59 Å². The van der Waals surface area contributed by atoms with Gasteiger partial charge in [0.1, 0.15) is 0 Å². The number of aromatic nitrogens is 4. The van der Waals surface area contributed by atoms with Gasteiger partial charge in [-0.25, -0.2) is 9.36 Å². The fraction of sp³-hybridized carbons (Fsp3) is 0.0435. The third-order valence-electron chi connectivity index (χ3n) is 4.45. The van der Waals surface area contributed by atoms with E-state index in [-0.39, 0.29) is 22.9 Å². The van der Waals surface area contributed by atoms with Crippen LogP contribution in [-0.4, -0.2) is 19.1 Å². The van der Waals surface area contributed by atoms with Crippen molar-refractivity contribution in [2.75, 3.05) is 5.32 Å². The number of pyridine rings is 1. The molecule has 1 N–H and O–H groups in total. The Labute approximate surface area is 172 Å². The molecule has 148 valence electrons. The molecule has 4 aromatic rings. The Hall–Kier alpha value is -4.26. The van der Waals surface area contributed by atoms with Gasteiger partial charge in [0.2, 0.25) is 5.95 Å². The van der Waals surface area contributed by atoms with Crippen molar-refractivity contribution in [2.24, 2.45) is 0 Å². The van der Waals surface area contributed by atoms with Crippen molar-refractivity contribution >= 4 is 11.6 Å². The van der Waals surface area contributed by atoms with Crippen molar-refractivity contribution < 1.29 is 0 Å². The highest BCUT2D eigenvalue weighted by Gasteiger charge is 2.16. The van der Waals surface area contributed by atoms with Gasteiger partial charge in [0.15, 0.2) is 5.82 Å². The average Bonchev–Trinajstić information content (AvgIpc) is 2.76. The number of nitrogens with zero attached hydrogens (tertiary/aromatic N) is 4. The fourth-order valence-corrected chi connectivity index (χ4v) is 3.06. The number of nitrogens with one attached hydrogen (secondary N) is 1. The van der Waals surface area contributed by atoms with Crippen molar-refractivity contribution in [1.82, 2.24) is 19.1 Å². The maximum Gasteiger partial charge on any atom is 0.357 e. The average molecular weight is 397 g/mol. The molecule has 30 heavy (non-hydrogen) atoms. The topological polar surface area (TPSA) is 81.8 Å². The summed E-state index contributed by atoms with van der Waals surface area (Å²) in [6.07, 6.45) is 3.28. The number of benzene rings is 2. The number of hydrogen-bond donors (Lipinski definition) is 1. The minimum atomic E-state index is -0.539. The second-order valence-corrected chi connectivity index (χ2v) is 6.48. The van der Waals surface area contributed by atoms with Crippen LogP contribution in [0.25, 0.3) is 17.1 Å². The minimum Gasteiger partial charge on any atom is -0.325 e. The largest absolute Gasteiger partial charge is 0.357 e. The molecule has 2 heterocycles. The molecule has 2 aromatic carbocycles. The van der Waals surface area contributed by atoms with Crippen molar-refractivity contribution in [3.8, 4) is 17.1 Å². The first-order valence-corrected chi connectivity index (χ1v) is 9.36. The highest BCUT2D eigenvalue weighted by atomic mass is 16.1. The van der Waals surface area contributed by atoms with Gasteiger partial charge in [-0.1, -0.05) is 42.5 Å². The Kier molecular flexibility index (Phi) is 5.34. The predicted octanol–water partition coefficient (Wildman–Crippen LogP) is 3.39. The lowest BCUT2D eigenvalue weighted by Crippen LogP contribution is -2.28. The molecule has 7 heteroatoms. The summed E-state index contributed by atoms with van der Waals surface area (Å²) in [6.45, 7) is 4.02. The van der Waals surface area contributed by atoms with Crippen LogP contribution in [0.2, 0.25) is 0 Å². The van der Waals surface area contributed by atoms with Crippen molar-refractivity contribution in [3.05, 3.63) is 112 Å². The molecule has 0 spiro atoms. The summed E-state index contributed by atoms with van der Waals surface area (Å²) in [7, 11) is 0. The minimum absolute atomic E-state index is 0.0639. The van der Waals surface area contributed by atoms with E-state index in [4.69, 9.17) is 0 Å². The molecule has 0 bridgehead atoms.